The van der Waals surface area contributed by atoms with Gasteiger partial charge >= 0.3 is 0 Å². The molecule has 1 amide bonds. The third-order valence-electron chi connectivity index (χ3n) is 4.88. The molecule has 2 fully saturated rings. The van der Waals surface area contributed by atoms with Crippen LogP contribution in [0.25, 0.3) is 0 Å². The van der Waals surface area contributed by atoms with Crippen molar-refractivity contribution < 1.29 is 4.79 Å². The Morgan fingerprint density at radius 2 is 2.20 bits per heavy atom. The Kier molecular flexibility index (Phi) is 3.23. The topological polar surface area (TPSA) is 70.1 Å². The largest absolute Gasteiger partial charge is 0.369 e. The molecule has 1 aromatic rings. The first-order valence-corrected chi connectivity index (χ1v) is 7.15. The average molecular weight is 269 g/mol. The van der Waals surface area contributed by atoms with E-state index in [-0.39, 0.29) is 17.9 Å². The zero-order chi connectivity index (χ0) is 14.2. The zero-order valence-electron chi connectivity index (χ0n) is 11.5. The Balaban J connectivity index is 1.84. The molecular formula is C16H19N3O. The number of nitrogens with two attached hydrogens (primary N) is 1. The fourth-order valence-electron chi connectivity index (χ4n) is 3.92. The van der Waals surface area contributed by atoms with Crippen molar-refractivity contribution >= 4 is 5.91 Å². The Labute approximate surface area is 119 Å². The maximum atomic E-state index is 11.9. The van der Waals surface area contributed by atoms with E-state index in [2.05, 4.69) is 23.1 Å². The number of hydrogen-bond acceptors (Lipinski definition) is 3. The highest BCUT2D eigenvalue weighted by Crippen LogP contribution is 2.54. The number of carbonyl (C=O) groups is 1. The molecular weight excluding hydrogens is 250 g/mol. The highest BCUT2D eigenvalue weighted by Gasteiger charge is 2.61. The fraction of sp³-hybridized carbons (Fsp3) is 0.500. The lowest BCUT2D eigenvalue weighted by atomic mass is 9.53. The molecule has 1 saturated carbocycles. The number of nitrogens with zero attached hydrogens (tertiary/aromatic N) is 2. The van der Waals surface area contributed by atoms with Gasteiger partial charge in [-0.15, -0.1) is 0 Å². The number of piperidine rings is 1. The Hall–Kier alpha value is -1.86. The monoisotopic (exact) mass is 269 g/mol. The molecule has 1 heterocycles. The zero-order valence-corrected chi connectivity index (χ0v) is 11.5. The Morgan fingerprint density at radius 3 is 2.85 bits per heavy atom. The first-order valence-electron chi connectivity index (χ1n) is 7.15. The number of fused-ring (bicyclic) bond motifs is 1. The number of likely N-dealkylation sites (tertiary alicyclic amines) is 1. The van der Waals surface area contributed by atoms with Crippen molar-refractivity contribution in [2.24, 2.45) is 17.1 Å². The van der Waals surface area contributed by atoms with Gasteiger partial charge in [0.1, 0.15) is 0 Å². The fourth-order valence-corrected chi connectivity index (χ4v) is 3.92. The summed E-state index contributed by atoms with van der Waals surface area (Å²) in [5.41, 5.74) is 6.39. The molecule has 2 aliphatic rings. The summed E-state index contributed by atoms with van der Waals surface area (Å²) in [5, 5.41) is 9.28. The van der Waals surface area contributed by atoms with E-state index in [0.717, 1.165) is 25.9 Å². The second-order valence-electron chi connectivity index (χ2n) is 5.96. The second-order valence-corrected chi connectivity index (χ2v) is 5.96. The van der Waals surface area contributed by atoms with Gasteiger partial charge in [-0.2, -0.15) is 5.26 Å². The molecule has 2 N–H and O–H groups in total. The Morgan fingerprint density at radius 1 is 1.45 bits per heavy atom. The van der Waals surface area contributed by atoms with Gasteiger partial charge in [-0.1, -0.05) is 30.3 Å². The van der Waals surface area contributed by atoms with Crippen LogP contribution in [0.5, 0.6) is 0 Å². The van der Waals surface area contributed by atoms with Crippen LogP contribution >= 0.6 is 0 Å². The third kappa shape index (κ3) is 1.90. The lowest BCUT2D eigenvalue weighted by Crippen LogP contribution is -2.68. The molecule has 0 bridgehead atoms. The van der Waals surface area contributed by atoms with Gasteiger partial charge in [0.25, 0.3) is 0 Å². The number of carbonyl (C=O) groups excluding carboxylic acids is 1. The predicted octanol–water partition coefficient (Wildman–Crippen LogP) is 1.67. The highest BCUT2D eigenvalue weighted by atomic mass is 16.1. The van der Waals surface area contributed by atoms with Crippen LogP contribution in [0.3, 0.4) is 0 Å². The van der Waals surface area contributed by atoms with Crippen LogP contribution in [0.15, 0.2) is 30.3 Å². The van der Waals surface area contributed by atoms with Crippen LogP contribution in [0, 0.1) is 22.7 Å². The SMILES string of the molecule is N#C[C@@H]1C[C@@]2(C(N)=O)CCCN(Cc3ccccc3)[C@@H]12. The summed E-state index contributed by atoms with van der Waals surface area (Å²) in [7, 11) is 0. The minimum atomic E-state index is -0.465. The van der Waals surface area contributed by atoms with E-state index in [9.17, 15) is 10.1 Å². The first-order chi connectivity index (χ1) is 9.67. The van der Waals surface area contributed by atoms with E-state index in [4.69, 9.17) is 5.73 Å². The summed E-state index contributed by atoms with van der Waals surface area (Å²) in [6.07, 6.45) is 2.44. The quantitative estimate of drug-likeness (QED) is 0.907. The van der Waals surface area contributed by atoms with E-state index in [0.29, 0.717) is 6.42 Å². The van der Waals surface area contributed by atoms with E-state index >= 15 is 0 Å². The van der Waals surface area contributed by atoms with Crippen molar-refractivity contribution in [3.05, 3.63) is 35.9 Å². The average Bonchev–Trinajstić information content (AvgIpc) is 2.41. The molecule has 4 nitrogen and oxygen atoms in total. The molecule has 0 aromatic heterocycles. The van der Waals surface area contributed by atoms with E-state index in [1.54, 1.807) is 0 Å². The van der Waals surface area contributed by atoms with E-state index < -0.39 is 5.41 Å². The molecule has 3 atom stereocenters. The van der Waals surface area contributed by atoms with Crippen LogP contribution in [-0.4, -0.2) is 23.4 Å². The van der Waals surface area contributed by atoms with Gasteiger partial charge in [0.2, 0.25) is 5.91 Å². The molecule has 4 heteroatoms. The van der Waals surface area contributed by atoms with Gasteiger partial charge in [0.15, 0.2) is 0 Å². The maximum Gasteiger partial charge on any atom is 0.225 e. The van der Waals surface area contributed by atoms with Crippen molar-refractivity contribution in [2.45, 2.75) is 31.8 Å². The van der Waals surface area contributed by atoms with Gasteiger partial charge in [-0.05, 0) is 31.4 Å². The van der Waals surface area contributed by atoms with Crippen LogP contribution in [0.4, 0.5) is 0 Å². The predicted molar refractivity (Wildman–Crippen MR) is 75.2 cm³/mol. The maximum absolute atomic E-state index is 11.9. The van der Waals surface area contributed by atoms with Crippen molar-refractivity contribution in [3.8, 4) is 6.07 Å². The third-order valence-corrected chi connectivity index (χ3v) is 4.88. The molecule has 1 aromatic carbocycles. The van der Waals surface area contributed by atoms with Crippen LogP contribution < -0.4 is 5.73 Å². The van der Waals surface area contributed by atoms with Gasteiger partial charge in [-0.25, -0.2) is 0 Å². The summed E-state index contributed by atoms with van der Waals surface area (Å²) in [6.45, 7) is 1.73. The molecule has 0 radical (unpaired) electrons. The summed E-state index contributed by atoms with van der Waals surface area (Å²) in [4.78, 5) is 14.2. The molecule has 1 aliphatic heterocycles. The number of amides is 1. The molecule has 20 heavy (non-hydrogen) atoms. The second kappa shape index (κ2) is 4.92. The van der Waals surface area contributed by atoms with Crippen molar-refractivity contribution in [1.29, 1.82) is 5.26 Å². The number of benzene rings is 1. The molecule has 0 unspecified atom stereocenters. The number of primary amides is 1. The van der Waals surface area contributed by atoms with E-state index in [1.807, 2.05) is 18.2 Å². The van der Waals surface area contributed by atoms with Gasteiger partial charge in [0.05, 0.1) is 17.4 Å². The molecule has 1 saturated heterocycles. The van der Waals surface area contributed by atoms with Crippen molar-refractivity contribution in [3.63, 3.8) is 0 Å². The molecule has 1 aliphatic carbocycles. The Bertz CT molecular complexity index is 551. The standard InChI is InChI=1S/C16H19N3O/c17-10-13-9-16(15(18)20)7-4-8-19(14(13)16)11-12-5-2-1-3-6-12/h1-3,5-6,13-14H,4,7-9,11H2,(H2,18,20)/t13-,14-,16-/m0/s1. The minimum absolute atomic E-state index is 0.000967. The number of hydrogen-bond donors (Lipinski definition) is 1. The highest BCUT2D eigenvalue weighted by molar-refractivity contribution is 5.83. The smallest absolute Gasteiger partial charge is 0.225 e. The lowest BCUT2D eigenvalue weighted by molar-refractivity contribution is -0.155. The first kappa shape index (κ1) is 13.1. The molecule has 3 rings (SSSR count). The van der Waals surface area contributed by atoms with Gasteiger partial charge in [-0.3, -0.25) is 9.69 Å². The van der Waals surface area contributed by atoms with Gasteiger partial charge in [0, 0.05) is 12.6 Å². The summed E-state index contributed by atoms with van der Waals surface area (Å²) in [6, 6.07) is 12.5. The van der Waals surface area contributed by atoms with Crippen LogP contribution in [-0.2, 0) is 11.3 Å². The molecule has 0 spiro atoms. The number of rotatable bonds is 3. The van der Waals surface area contributed by atoms with Crippen molar-refractivity contribution in [1.82, 2.24) is 4.90 Å². The summed E-state index contributed by atoms with van der Waals surface area (Å²) < 4.78 is 0. The minimum Gasteiger partial charge on any atom is -0.369 e. The summed E-state index contributed by atoms with van der Waals surface area (Å²) >= 11 is 0. The van der Waals surface area contributed by atoms with Crippen molar-refractivity contribution in [2.75, 3.05) is 6.54 Å². The van der Waals surface area contributed by atoms with Gasteiger partial charge < -0.3 is 5.73 Å². The van der Waals surface area contributed by atoms with Crippen LogP contribution in [0.2, 0.25) is 0 Å². The summed E-state index contributed by atoms with van der Waals surface area (Å²) in [5.74, 6) is -0.293. The molecule has 104 valence electrons. The van der Waals surface area contributed by atoms with Crippen LogP contribution in [0.1, 0.15) is 24.8 Å². The van der Waals surface area contributed by atoms with E-state index in [1.165, 1.54) is 5.56 Å². The lowest BCUT2D eigenvalue weighted by Gasteiger charge is -2.58. The normalized spacial score (nSPS) is 32.8. The number of nitriles is 1.